The van der Waals surface area contributed by atoms with Gasteiger partial charge in [0.15, 0.2) is 4.34 Å². The zero-order valence-electron chi connectivity index (χ0n) is 10.1. The standard InChI is InChI=1S/C11H13BrN4S2/c1-16(2)10-14-15-11(18-10)17-8-4-3-7(6-13)9(12)5-8/h3-5H,6,13H2,1-2H3. The van der Waals surface area contributed by atoms with Crippen molar-refractivity contribution in [3.05, 3.63) is 28.2 Å². The van der Waals surface area contributed by atoms with Crippen LogP contribution in [0.25, 0.3) is 0 Å². The molecule has 0 aliphatic carbocycles. The molecule has 0 saturated heterocycles. The Morgan fingerprint density at radius 3 is 2.72 bits per heavy atom. The Morgan fingerprint density at radius 1 is 1.39 bits per heavy atom. The quantitative estimate of drug-likeness (QED) is 0.923. The number of nitrogens with two attached hydrogens (primary N) is 1. The van der Waals surface area contributed by atoms with Gasteiger partial charge in [0, 0.05) is 30.0 Å². The van der Waals surface area contributed by atoms with Crippen molar-refractivity contribution in [3.8, 4) is 0 Å². The highest BCUT2D eigenvalue weighted by Gasteiger charge is 2.08. The summed E-state index contributed by atoms with van der Waals surface area (Å²) in [4.78, 5) is 3.08. The second-order valence-corrected chi connectivity index (χ2v) is 6.94. The first-order chi connectivity index (χ1) is 8.60. The van der Waals surface area contributed by atoms with Crippen LogP contribution in [0.5, 0.6) is 0 Å². The minimum Gasteiger partial charge on any atom is -0.353 e. The molecule has 0 spiro atoms. The largest absolute Gasteiger partial charge is 0.353 e. The summed E-state index contributed by atoms with van der Waals surface area (Å²) in [5.41, 5.74) is 6.73. The first kappa shape index (κ1) is 13.8. The van der Waals surface area contributed by atoms with Gasteiger partial charge in [-0.25, -0.2) is 0 Å². The maximum atomic E-state index is 5.63. The van der Waals surface area contributed by atoms with E-state index in [4.69, 9.17) is 5.73 Å². The number of benzene rings is 1. The first-order valence-electron chi connectivity index (χ1n) is 5.27. The van der Waals surface area contributed by atoms with Crippen LogP contribution in [-0.2, 0) is 6.54 Å². The Balaban J connectivity index is 2.15. The average molecular weight is 345 g/mol. The highest BCUT2D eigenvalue weighted by atomic mass is 79.9. The van der Waals surface area contributed by atoms with Crippen LogP contribution in [0.1, 0.15) is 5.56 Å². The third-order valence-corrected chi connectivity index (χ3v) is 5.10. The predicted octanol–water partition coefficient (Wildman–Crippen LogP) is 2.98. The van der Waals surface area contributed by atoms with Crippen molar-refractivity contribution in [2.75, 3.05) is 19.0 Å². The minimum atomic E-state index is 0.537. The van der Waals surface area contributed by atoms with Gasteiger partial charge in [0.2, 0.25) is 5.13 Å². The molecule has 0 saturated carbocycles. The van der Waals surface area contributed by atoms with Crippen molar-refractivity contribution < 1.29 is 0 Å². The third-order valence-electron chi connectivity index (χ3n) is 2.23. The fourth-order valence-corrected chi connectivity index (χ4v) is 3.75. The van der Waals surface area contributed by atoms with E-state index in [9.17, 15) is 0 Å². The van der Waals surface area contributed by atoms with Crippen molar-refractivity contribution in [1.29, 1.82) is 0 Å². The molecule has 96 valence electrons. The molecule has 1 aromatic heterocycles. The van der Waals surface area contributed by atoms with Crippen molar-refractivity contribution in [3.63, 3.8) is 0 Å². The second-order valence-electron chi connectivity index (χ2n) is 3.80. The van der Waals surface area contributed by atoms with Gasteiger partial charge in [0.25, 0.3) is 0 Å². The first-order valence-corrected chi connectivity index (χ1v) is 7.70. The van der Waals surface area contributed by atoms with Crippen LogP contribution < -0.4 is 10.6 Å². The average Bonchev–Trinajstić information content (AvgIpc) is 2.78. The van der Waals surface area contributed by atoms with Crippen LogP contribution in [-0.4, -0.2) is 24.3 Å². The predicted molar refractivity (Wildman–Crippen MR) is 80.4 cm³/mol. The molecule has 0 atom stereocenters. The zero-order chi connectivity index (χ0) is 13.1. The lowest BCUT2D eigenvalue weighted by molar-refractivity contribution is 0.972. The van der Waals surface area contributed by atoms with Crippen molar-refractivity contribution >= 4 is 44.2 Å². The highest BCUT2D eigenvalue weighted by molar-refractivity contribution is 9.10. The van der Waals surface area contributed by atoms with E-state index >= 15 is 0 Å². The second kappa shape index (κ2) is 6.01. The lowest BCUT2D eigenvalue weighted by Crippen LogP contribution is -2.07. The molecule has 0 radical (unpaired) electrons. The van der Waals surface area contributed by atoms with Gasteiger partial charge in [-0.2, -0.15) is 0 Å². The van der Waals surface area contributed by atoms with Crippen molar-refractivity contribution in [2.45, 2.75) is 15.8 Å². The van der Waals surface area contributed by atoms with Crippen LogP contribution in [0.15, 0.2) is 31.9 Å². The van der Waals surface area contributed by atoms with Gasteiger partial charge in [-0.1, -0.05) is 45.1 Å². The molecule has 0 amide bonds. The summed E-state index contributed by atoms with van der Waals surface area (Å²) >= 11 is 6.70. The summed E-state index contributed by atoms with van der Waals surface area (Å²) in [5.74, 6) is 0. The van der Waals surface area contributed by atoms with E-state index in [2.05, 4.69) is 32.2 Å². The molecule has 2 rings (SSSR count). The van der Waals surface area contributed by atoms with Gasteiger partial charge in [0.1, 0.15) is 0 Å². The Labute approximate surface area is 123 Å². The number of rotatable bonds is 4. The molecule has 18 heavy (non-hydrogen) atoms. The molecule has 7 heteroatoms. The third kappa shape index (κ3) is 3.23. The van der Waals surface area contributed by atoms with E-state index in [0.29, 0.717) is 6.54 Å². The number of hydrogen-bond donors (Lipinski definition) is 1. The maximum Gasteiger partial charge on any atom is 0.208 e. The summed E-state index contributed by atoms with van der Waals surface area (Å²) in [6.45, 7) is 0.537. The van der Waals surface area contributed by atoms with Crippen molar-refractivity contribution in [2.24, 2.45) is 5.73 Å². The summed E-state index contributed by atoms with van der Waals surface area (Å²) in [5, 5.41) is 9.18. The Hall–Kier alpha value is -0.630. The van der Waals surface area contributed by atoms with Gasteiger partial charge in [-0.05, 0) is 17.7 Å². The fraction of sp³-hybridized carbons (Fsp3) is 0.273. The topological polar surface area (TPSA) is 55.0 Å². The normalized spacial score (nSPS) is 10.7. The van der Waals surface area contributed by atoms with Gasteiger partial charge >= 0.3 is 0 Å². The summed E-state index contributed by atoms with van der Waals surface area (Å²) < 4.78 is 1.97. The number of hydrogen-bond acceptors (Lipinski definition) is 6. The van der Waals surface area contributed by atoms with E-state index in [-0.39, 0.29) is 0 Å². The zero-order valence-corrected chi connectivity index (χ0v) is 13.3. The minimum absolute atomic E-state index is 0.537. The SMILES string of the molecule is CN(C)c1nnc(Sc2ccc(CN)c(Br)c2)s1. The van der Waals surface area contributed by atoms with E-state index < -0.39 is 0 Å². The summed E-state index contributed by atoms with van der Waals surface area (Å²) in [6.07, 6.45) is 0. The molecule has 0 unspecified atom stereocenters. The number of aromatic nitrogens is 2. The van der Waals surface area contributed by atoms with Gasteiger partial charge < -0.3 is 10.6 Å². The summed E-state index contributed by atoms with van der Waals surface area (Å²) in [6, 6.07) is 6.14. The van der Waals surface area contributed by atoms with Crippen LogP contribution in [0.2, 0.25) is 0 Å². The van der Waals surface area contributed by atoms with Gasteiger partial charge in [0.05, 0.1) is 0 Å². The smallest absolute Gasteiger partial charge is 0.208 e. The number of anilines is 1. The van der Waals surface area contributed by atoms with E-state index in [0.717, 1.165) is 24.4 Å². The molecular weight excluding hydrogens is 332 g/mol. The Bertz CT molecular complexity index is 542. The molecule has 2 N–H and O–H groups in total. The number of nitrogens with zero attached hydrogens (tertiary/aromatic N) is 3. The molecule has 4 nitrogen and oxygen atoms in total. The van der Waals surface area contributed by atoms with Crippen LogP contribution >= 0.6 is 39.0 Å². The molecule has 0 bridgehead atoms. The van der Waals surface area contributed by atoms with Crippen molar-refractivity contribution in [1.82, 2.24) is 10.2 Å². The molecule has 0 aliphatic rings. The molecular formula is C11H13BrN4S2. The van der Waals surface area contributed by atoms with Crippen LogP contribution in [0.3, 0.4) is 0 Å². The number of halogens is 1. The van der Waals surface area contributed by atoms with Crippen LogP contribution in [0.4, 0.5) is 5.13 Å². The Morgan fingerprint density at radius 2 is 2.17 bits per heavy atom. The molecule has 1 heterocycles. The van der Waals surface area contributed by atoms with E-state index in [1.54, 1.807) is 23.1 Å². The molecule has 1 aromatic carbocycles. The molecule has 0 aliphatic heterocycles. The molecule has 0 fully saturated rings. The lowest BCUT2D eigenvalue weighted by atomic mass is 10.2. The highest BCUT2D eigenvalue weighted by Crippen LogP contribution is 2.34. The maximum absolute atomic E-state index is 5.63. The monoisotopic (exact) mass is 344 g/mol. The van der Waals surface area contributed by atoms with Crippen LogP contribution in [0, 0.1) is 0 Å². The lowest BCUT2D eigenvalue weighted by Gasteiger charge is -2.04. The van der Waals surface area contributed by atoms with E-state index in [1.165, 1.54) is 0 Å². The van der Waals surface area contributed by atoms with Gasteiger partial charge in [-0.3, -0.25) is 0 Å². The van der Waals surface area contributed by atoms with E-state index in [1.807, 2.05) is 31.1 Å². The summed E-state index contributed by atoms with van der Waals surface area (Å²) in [7, 11) is 3.92. The molecule has 2 aromatic rings. The fourth-order valence-electron chi connectivity index (χ4n) is 1.28. The Kier molecular flexibility index (Phi) is 4.60. The van der Waals surface area contributed by atoms with Gasteiger partial charge in [-0.15, -0.1) is 10.2 Å².